The first-order valence-corrected chi connectivity index (χ1v) is 7.54. The number of pyridine rings is 1. The standard InChI is InChI=1S/C14H17ClN6O/c1-9-17-14(20-19-9)11-3-2-6-21(11)8-13(22)18-12-5-4-10(15)7-16-12/h4-5,7,11H,2-3,6,8H2,1H3,(H,16,18,22)(H,17,19,20)/t11-/m1/s1. The van der Waals surface area contributed by atoms with Gasteiger partial charge in [0, 0.05) is 6.20 Å². The van der Waals surface area contributed by atoms with Crippen molar-refractivity contribution in [3.05, 3.63) is 35.0 Å². The van der Waals surface area contributed by atoms with Crippen molar-refractivity contribution in [1.82, 2.24) is 25.1 Å². The van der Waals surface area contributed by atoms with E-state index in [1.165, 1.54) is 6.20 Å². The molecule has 0 unspecified atom stereocenters. The summed E-state index contributed by atoms with van der Waals surface area (Å²) < 4.78 is 0. The minimum Gasteiger partial charge on any atom is -0.310 e. The Morgan fingerprint density at radius 3 is 3.09 bits per heavy atom. The second-order valence-electron chi connectivity index (χ2n) is 5.32. The maximum Gasteiger partial charge on any atom is 0.239 e. The van der Waals surface area contributed by atoms with Crippen LogP contribution in [0.5, 0.6) is 0 Å². The number of nitrogens with zero attached hydrogens (tertiary/aromatic N) is 4. The molecule has 0 bridgehead atoms. The number of carbonyl (C=O) groups is 1. The lowest BCUT2D eigenvalue weighted by Gasteiger charge is -2.21. The number of rotatable bonds is 4. The van der Waals surface area contributed by atoms with E-state index in [0.29, 0.717) is 17.4 Å². The van der Waals surface area contributed by atoms with Gasteiger partial charge in [0.2, 0.25) is 5.91 Å². The van der Waals surface area contributed by atoms with E-state index in [1.54, 1.807) is 12.1 Å². The largest absolute Gasteiger partial charge is 0.310 e. The Hall–Kier alpha value is -1.99. The van der Waals surface area contributed by atoms with Crippen molar-refractivity contribution in [2.24, 2.45) is 0 Å². The molecular formula is C14H17ClN6O. The number of hydrogen-bond acceptors (Lipinski definition) is 5. The second kappa shape index (κ2) is 6.41. The van der Waals surface area contributed by atoms with Crippen LogP contribution in [0.3, 0.4) is 0 Å². The van der Waals surface area contributed by atoms with E-state index in [-0.39, 0.29) is 11.9 Å². The Bertz CT molecular complexity index is 656. The topological polar surface area (TPSA) is 86.8 Å². The van der Waals surface area contributed by atoms with Gasteiger partial charge in [0.05, 0.1) is 17.6 Å². The smallest absolute Gasteiger partial charge is 0.239 e. The van der Waals surface area contributed by atoms with Crippen molar-refractivity contribution in [1.29, 1.82) is 0 Å². The molecule has 0 aliphatic carbocycles. The van der Waals surface area contributed by atoms with Crippen LogP contribution < -0.4 is 5.32 Å². The van der Waals surface area contributed by atoms with Crippen LogP contribution in [0.4, 0.5) is 5.82 Å². The van der Waals surface area contributed by atoms with Gasteiger partial charge in [0.1, 0.15) is 11.6 Å². The Morgan fingerprint density at radius 2 is 2.41 bits per heavy atom. The fourth-order valence-corrected chi connectivity index (χ4v) is 2.75. The molecule has 3 rings (SSSR count). The number of aromatic amines is 1. The minimum atomic E-state index is -0.103. The summed E-state index contributed by atoms with van der Waals surface area (Å²) in [4.78, 5) is 22.7. The van der Waals surface area contributed by atoms with Gasteiger partial charge in [-0.25, -0.2) is 9.97 Å². The average molecular weight is 321 g/mol. The fraction of sp³-hybridized carbons (Fsp3) is 0.429. The number of anilines is 1. The number of hydrogen-bond donors (Lipinski definition) is 2. The van der Waals surface area contributed by atoms with Gasteiger partial charge in [-0.05, 0) is 38.4 Å². The molecule has 1 saturated heterocycles. The molecule has 2 N–H and O–H groups in total. The number of nitrogens with one attached hydrogen (secondary N) is 2. The number of amides is 1. The molecule has 1 amide bonds. The van der Waals surface area contributed by atoms with Crippen LogP contribution in [-0.4, -0.2) is 44.1 Å². The van der Waals surface area contributed by atoms with Crippen LogP contribution in [0.25, 0.3) is 0 Å². The Balaban J connectivity index is 1.61. The lowest BCUT2D eigenvalue weighted by molar-refractivity contribution is -0.117. The third-order valence-electron chi connectivity index (χ3n) is 3.62. The maximum atomic E-state index is 12.2. The summed E-state index contributed by atoms with van der Waals surface area (Å²) in [7, 11) is 0. The van der Waals surface area contributed by atoms with Crippen LogP contribution in [0, 0.1) is 6.92 Å². The molecule has 0 saturated carbocycles. The average Bonchev–Trinajstić information content (AvgIpc) is 3.10. The molecule has 2 aromatic rings. The molecule has 0 spiro atoms. The van der Waals surface area contributed by atoms with Crippen LogP contribution >= 0.6 is 11.6 Å². The molecule has 8 heteroatoms. The predicted molar refractivity (Wildman–Crippen MR) is 82.5 cm³/mol. The molecule has 2 aromatic heterocycles. The molecule has 116 valence electrons. The summed E-state index contributed by atoms with van der Waals surface area (Å²) in [5, 5.41) is 10.4. The highest BCUT2D eigenvalue weighted by Gasteiger charge is 2.30. The van der Waals surface area contributed by atoms with Gasteiger partial charge in [-0.3, -0.25) is 14.8 Å². The van der Waals surface area contributed by atoms with Gasteiger partial charge >= 0.3 is 0 Å². The van der Waals surface area contributed by atoms with Crippen LogP contribution in [0.2, 0.25) is 5.02 Å². The molecule has 1 aliphatic rings. The maximum absolute atomic E-state index is 12.2. The second-order valence-corrected chi connectivity index (χ2v) is 5.75. The van der Waals surface area contributed by atoms with E-state index in [9.17, 15) is 4.79 Å². The lowest BCUT2D eigenvalue weighted by Crippen LogP contribution is -2.33. The number of H-pyrrole nitrogens is 1. The van der Waals surface area contributed by atoms with Crippen molar-refractivity contribution in [3.8, 4) is 0 Å². The van der Waals surface area contributed by atoms with Crippen molar-refractivity contribution >= 4 is 23.3 Å². The highest BCUT2D eigenvalue weighted by molar-refractivity contribution is 6.30. The number of aryl methyl sites for hydroxylation is 1. The van der Waals surface area contributed by atoms with Gasteiger partial charge in [-0.1, -0.05) is 11.6 Å². The molecule has 3 heterocycles. The number of halogens is 1. The van der Waals surface area contributed by atoms with Crippen molar-refractivity contribution in [3.63, 3.8) is 0 Å². The normalized spacial score (nSPS) is 18.5. The molecule has 1 atom stereocenters. The third-order valence-corrected chi connectivity index (χ3v) is 3.84. The van der Waals surface area contributed by atoms with Gasteiger partial charge in [-0.2, -0.15) is 5.10 Å². The fourth-order valence-electron chi connectivity index (χ4n) is 2.63. The molecule has 7 nitrogen and oxygen atoms in total. The number of likely N-dealkylation sites (tertiary alicyclic amines) is 1. The van der Waals surface area contributed by atoms with Crippen LogP contribution in [0.15, 0.2) is 18.3 Å². The van der Waals surface area contributed by atoms with Crippen LogP contribution in [-0.2, 0) is 4.79 Å². The summed E-state index contributed by atoms with van der Waals surface area (Å²) in [6, 6.07) is 3.47. The molecular weight excluding hydrogens is 304 g/mol. The SMILES string of the molecule is Cc1nc([C@H]2CCCN2CC(=O)Nc2ccc(Cl)cn2)n[nH]1. The molecule has 22 heavy (non-hydrogen) atoms. The summed E-state index contributed by atoms with van der Waals surface area (Å²) in [5.74, 6) is 1.94. The zero-order chi connectivity index (χ0) is 15.5. The summed E-state index contributed by atoms with van der Waals surface area (Å²) in [5.41, 5.74) is 0. The van der Waals surface area contributed by atoms with E-state index >= 15 is 0 Å². The van der Waals surface area contributed by atoms with Crippen molar-refractivity contribution < 1.29 is 4.79 Å². The van der Waals surface area contributed by atoms with E-state index in [0.717, 1.165) is 31.0 Å². The summed E-state index contributed by atoms with van der Waals surface area (Å²) in [6.07, 6.45) is 3.50. The predicted octanol–water partition coefficient (Wildman–Crippen LogP) is 1.94. The first-order valence-electron chi connectivity index (χ1n) is 7.16. The zero-order valence-corrected chi connectivity index (χ0v) is 13.0. The highest BCUT2D eigenvalue weighted by Crippen LogP contribution is 2.29. The van der Waals surface area contributed by atoms with Gasteiger partial charge in [-0.15, -0.1) is 0 Å². The first-order chi connectivity index (χ1) is 10.6. The zero-order valence-electron chi connectivity index (χ0n) is 12.2. The highest BCUT2D eigenvalue weighted by atomic mass is 35.5. The van der Waals surface area contributed by atoms with Gasteiger partial charge in [0.15, 0.2) is 5.82 Å². The lowest BCUT2D eigenvalue weighted by atomic mass is 10.2. The van der Waals surface area contributed by atoms with Gasteiger partial charge < -0.3 is 5.32 Å². The van der Waals surface area contributed by atoms with Gasteiger partial charge in [0.25, 0.3) is 0 Å². The molecule has 1 aliphatic heterocycles. The Kier molecular flexibility index (Phi) is 4.35. The molecule has 1 fully saturated rings. The quantitative estimate of drug-likeness (QED) is 0.899. The first kappa shape index (κ1) is 14.9. The van der Waals surface area contributed by atoms with E-state index in [4.69, 9.17) is 11.6 Å². The van der Waals surface area contributed by atoms with E-state index in [1.807, 2.05) is 6.92 Å². The monoisotopic (exact) mass is 320 g/mol. The summed E-state index contributed by atoms with van der Waals surface area (Å²) >= 11 is 5.77. The van der Waals surface area contributed by atoms with Crippen molar-refractivity contribution in [2.45, 2.75) is 25.8 Å². The minimum absolute atomic E-state index is 0.0916. The van der Waals surface area contributed by atoms with Crippen LogP contribution in [0.1, 0.15) is 30.5 Å². The number of carbonyl (C=O) groups excluding carboxylic acids is 1. The van der Waals surface area contributed by atoms with Crippen molar-refractivity contribution in [2.75, 3.05) is 18.4 Å². The Morgan fingerprint density at radius 1 is 1.55 bits per heavy atom. The number of aromatic nitrogens is 4. The molecule has 0 radical (unpaired) electrons. The van der Waals surface area contributed by atoms with E-state index in [2.05, 4.69) is 30.4 Å². The summed E-state index contributed by atoms with van der Waals surface area (Å²) in [6.45, 7) is 3.02. The molecule has 0 aromatic carbocycles. The van der Waals surface area contributed by atoms with E-state index < -0.39 is 0 Å². The Labute approximate surface area is 133 Å². The third kappa shape index (κ3) is 3.42.